The Kier molecular flexibility index (Phi) is 4.70. The highest BCUT2D eigenvalue weighted by molar-refractivity contribution is 5.38. The van der Waals surface area contributed by atoms with Gasteiger partial charge in [-0.3, -0.25) is 4.79 Å². The highest BCUT2D eigenvalue weighted by Gasteiger charge is 2.15. The normalized spacial score (nSPS) is 11.5. The minimum atomic E-state index is -0.0731. The second kappa shape index (κ2) is 5.82. The summed E-state index contributed by atoms with van der Waals surface area (Å²) < 4.78 is 5.48. The van der Waals surface area contributed by atoms with Crippen LogP contribution in [0.3, 0.4) is 0 Å². The van der Waals surface area contributed by atoms with E-state index in [1.54, 1.807) is 0 Å². The topological polar surface area (TPSA) is 50.4 Å². The lowest BCUT2D eigenvalue weighted by Gasteiger charge is -2.20. The molecule has 1 N–H and O–H groups in total. The molecule has 0 aliphatic rings. The number of hydrogen-bond acceptors (Lipinski definition) is 3. The van der Waals surface area contributed by atoms with Gasteiger partial charge in [0.15, 0.2) is 5.43 Å². The van der Waals surface area contributed by atoms with Crippen molar-refractivity contribution in [2.24, 2.45) is 5.41 Å². The minimum absolute atomic E-state index is 0.0532. The van der Waals surface area contributed by atoms with Crippen LogP contribution in [0.15, 0.2) is 27.9 Å². The maximum Gasteiger partial charge on any atom is 0.185 e. The van der Waals surface area contributed by atoms with E-state index in [0.29, 0.717) is 17.9 Å². The van der Waals surface area contributed by atoms with E-state index in [1.165, 1.54) is 18.2 Å². The van der Waals surface area contributed by atoms with Gasteiger partial charge in [0.25, 0.3) is 0 Å². The Labute approximate surface area is 102 Å². The first-order valence-corrected chi connectivity index (χ1v) is 5.84. The Morgan fingerprint density at radius 1 is 1.47 bits per heavy atom. The van der Waals surface area contributed by atoms with E-state index in [1.807, 2.05) is 13.8 Å². The molecule has 0 radical (unpaired) electrons. The molecule has 0 bridgehead atoms. The van der Waals surface area contributed by atoms with Crippen molar-refractivity contribution in [2.75, 3.05) is 6.61 Å². The highest BCUT2D eigenvalue weighted by atomic mass is 16.3. The average molecular weight is 236 g/mol. The van der Waals surface area contributed by atoms with Crippen LogP contribution in [0.4, 0.5) is 0 Å². The van der Waals surface area contributed by atoms with Crippen molar-refractivity contribution in [1.29, 1.82) is 0 Å². The zero-order chi connectivity index (χ0) is 12.9. The van der Waals surface area contributed by atoms with Crippen LogP contribution in [0.5, 0.6) is 0 Å². The predicted octanol–water partition coefficient (Wildman–Crippen LogP) is 2.62. The van der Waals surface area contributed by atoms with Gasteiger partial charge in [-0.1, -0.05) is 20.4 Å². The molecule has 1 aromatic rings. The number of hydrogen-bond donors (Lipinski definition) is 1. The molecule has 1 heterocycles. The molecule has 3 nitrogen and oxygen atoms in total. The van der Waals surface area contributed by atoms with Gasteiger partial charge in [0.05, 0.1) is 0 Å². The Morgan fingerprint density at radius 2 is 2.18 bits per heavy atom. The summed E-state index contributed by atoms with van der Waals surface area (Å²) in [5, 5.41) is 9.13. The molecular formula is C14H20O3. The monoisotopic (exact) mass is 236 g/mol. The number of aryl methyl sites for hydroxylation is 1. The molecule has 0 saturated heterocycles. The van der Waals surface area contributed by atoms with Crippen LogP contribution >= 0.6 is 0 Å². The Hall–Kier alpha value is -1.35. The number of rotatable bonds is 6. The number of aliphatic hydroxyl groups excluding tert-OH is 1. The van der Waals surface area contributed by atoms with Gasteiger partial charge in [0, 0.05) is 25.2 Å². The standard InChI is InChI=1S/C14H20O3/c1-4-12-8-11(16)9-13(17-12)6-5-7-14(2,3)10-15/h4,8-9,15H,1,5-7,10H2,2-3H3. The van der Waals surface area contributed by atoms with Gasteiger partial charge in [0.1, 0.15) is 11.5 Å². The molecule has 0 fully saturated rings. The Balaban J connectivity index is 2.61. The summed E-state index contributed by atoms with van der Waals surface area (Å²) in [6.07, 6.45) is 4.02. The molecule has 0 spiro atoms. The lowest BCUT2D eigenvalue weighted by molar-refractivity contribution is 0.147. The van der Waals surface area contributed by atoms with E-state index in [9.17, 15) is 4.79 Å². The van der Waals surface area contributed by atoms with Crippen molar-refractivity contribution in [1.82, 2.24) is 0 Å². The van der Waals surface area contributed by atoms with Crippen molar-refractivity contribution in [2.45, 2.75) is 33.1 Å². The first-order chi connectivity index (χ1) is 7.96. The maximum absolute atomic E-state index is 11.3. The van der Waals surface area contributed by atoms with E-state index in [0.717, 1.165) is 12.8 Å². The summed E-state index contributed by atoms with van der Waals surface area (Å²) in [6, 6.07) is 2.94. The molecule has 0 unspecified atom stereocenters. The van der Waals surface area contributed by atoms with E-state index < -0.39 is 0 Å². The molecule has 0 saturated carbocycles. The predicted molar refractivity (Wildman–Crippen MR) is 68.9 cm³/mol. The second-order valence-corrected chi connectivity index (χ2v) is 5.04. The van der Waals surface area contributed by atoms with Gasteiger partial charge < -0.3 is 9.52 Å². The highest BCUT2D eigenvalue weighted by Crippen LogP contribution is 2.22. The van der Waals surface area contributed by atoms with Crippen molar-refractivity contribution in [3.05, 3.63) is 40.5 Å². The van der Waals surface area contributed by atoms with E-state index in [2.05, 4.69) is 6.58 Å². The van der Waals surface area contributed by atoms with Gasteiger partial charge in [-0.15, -0.1) is 0 Å². The first-order valence-electron chi connectivity index (χ1n) is 5.84. The average Bonchev–Trinajstić information content (AvgIpc) is 2.28. The summed E-state index contributed by atoms with van der Waals surface area (Å²) in [5.41, 5.74) is -0.126. The van der Waals surface area contributed by atoms with Crippen LogP contribution in [0.1, 0.15) is 38.2 Å². The molecule has 94 valence electrons. The third-order valence-corrected chi connectivity index (χ3v) is 2.74. The van der Waals surface area contributed by atoms with Crippen molar-refractivity contribution in [3.63, 3.8) is 0 Å². The van der Waals surface area contributed by atoms with Gasteiger partial charge in [0.2, 0.25) is 0 Å². The molecule has 0 amide bonds. The fourth-order valence-electron chi connectivity index (χ4n) is 1.59. The van der Waals surface area contributed by atoms with Gasteiger partial charge in [-0.25, -0.2) is 0 Å². The summed E-state index contributed by atoms with van der Waals surface area (Å²) in [7, 11) is 0. The lowest BCUT2D eigenvalue weighted by Crippen LogP contribution is -2.16. The quantitative estimate of drug-likeness (QED) is 0.826. The van der Waals surface area contributed by atoms with Crippen LogP contribution in [0, 0.1) is 5.41 Å². The molecule has 0 aromatic carbocycles. The van der Waals surface area contributed by atoms with Crippen LogP contribution < -0.4 is 5.43 Å². The molecule has 1 rings (SSSR count). The van der Waals surface area contributed by atoms with Crippen LogP contribution in [0.2, 0.25) is 0 Å². The zero-order valence-electron chi connectivity index (χ0n) is 10.5. The van der Waals surface area contributed by atoms with E-state index in [4.69, 9.17) is 9.52 Å². The van der Waals surface area contributed by atoms with Crippen molar-refractivity contribution in [3.8, 4) is 0 Å². The summed E-state index contributed by atoms with van der Waals surface area (Å²) in [4.78, 5) is 11.3. The Morgan fingerprint density at radius 3 is 2.76 bits per heavy atom. The third-order valence-electron chi connectivity index (χ3n) is 2.74. The molecule has 0 aliphatic carbocycles. The van der Waals surface area contributed by atoms with Crippen LogP contribution in [-0.4, -0.2) is 11.7 Å². The zero-order valence-corrected chi connectivity index (χ0v) is 10.5. The van der Waals surface area contributed by atoms with Crippen LogP contribution in [0.25, 0.3) is 6.08 Å². The summed E-state index contributed by atoms with van der Waals surface area (Å²) in [6.45, 7) is 7.78. The van der Waals surface area contributed by atoms with Gasteiger partial charge in [-0.2, -0.15) is 0 Å². The minimum Gasteiger partial charge on any atom is -0.461 e. The number of aliphatic hydroxyl groups is 1. The van der Waals surface area contributed by atoms with E-state index >= 15 is 0 Å². The summed E-state index contributed by atoms with van der Waals surface area (Å²) >= 11 is 0. The van der Waals surface area contributed by atoms with Gasteiger partial charge in [-0.05, 0) is 24.3 Å². The molecule has 1 aromatic heterocycles. The molecule has 3 heteroatoms. The fourth-order valence-corrected chi connectivity index (χ4v) is 1.59. The van der Waals surface area contributed by atoms with Crippen LogP contribution in [-0.2, 0) is 6.42 Å². The fraction of sp³-hybridized carbons (Fsp3) is 0.500. The van der Waals surface area contributed by atoms with Crippen molar-refractivity contribution >= 4 is 6.08 Å². The largest absolute Gasteiger partial charge is 0.461 e. The summed E-state index contributed by atoms with van der Waals surface area (Å²) in [5.74, 6) is 1.19. The maximum atomic E-state index is 11.3. The van der Waals surface area contributed by atoms with E-state index in [-0.39, 0.29) is 17.5 Å². The molecular weight excluding hydrogens is 216 g/mol. The lowest BCUT2D eigenvalue weighted by atomic mass is 9.88. The third kappa shape index (κ3) is 4.57. The first kappa shape index (κ1) is 13.7. The van der Waals surface area contributed by atoms with Gasteiger partial charge >= 0.3 is 0 Å². The second-order valence-electron chi connectivity index (χ2n) is 5.04. The SMILES string of the molecule is C=Cc1cc(=O)cc(CCCC(C)(C)CO)o1. The molecule has 0 atom stereocenters. The van der Waals surface area contributed by atoms with Crippen molar-refractivity contribution < 1.29 is 9.52 Å². The smallest absolute Gasteiger partial charge is 0.185 e. The molecule has 17 heavy (non-hydrogen) atoms. The Bertz CT molecular complexity index is 429. The molecule has 0 aliphatic heterocycles.